The highest BCUT2D eigenvalue weighted by Gasteiger charge is 2.40. The Bertz CT molecular complexity index is 767. The predicted octanol–water partition coefficient (Wildman–Crippen LogP) is 1.26. The Labute approximate surface area is 154 Å². The van der Waals surface area contributed by atoms with Gasteiger partial charge in [-0.1, -0.05) is 17.7 Å². The van der Waals surface area contributed by atoms with E-state index in [1.807, 2.05) is 19.1 Å². The molecule has 0 aliphatic carbocycles. The largest absolute Gasteiger partial charge is 0.347 e. The smallest absolute Gasteiger partial charge is 0.241 e. The van der Waals surface area contributed by atoms with Crippen LogP contribution < -0.4 is 4.72 Å². The molecule has 0 radical (unpaired) electrons. The van der Waals surface area contributed by atoms with Crippen LogP contribution in [-0.4, -0.2) is 57.9 Å². The first-order chi connectivity index (χ1) is 12.2. The monoisotopic (exact) mass is 382 g/mol. The van der Waals surface area contributed by atoms with Crippen LogP contribution in [0.1, 0.15) is 29.5 Å². The third kappa shape index (κ3) is 3.93. The minimum absolute atomic E-state index is 0.233. The standard InChI is InChI=1S/C18H26N2O5S/c1-13-10-14(2)17(15(3)11-13)26(22,23)19-12-16(21)20-6-4-18(5-7-20)24-8-9-25-18/h10-11,19H,4-9,12H2,1-3H3. The van der Waals surface area contributed by atoms with E-state index in [4.69, 9.17) is 9.47 Å². The van der Waals surface area contributed by atoms with Crippen LogP contribution in [0.2, 0.25) is 0 Å². The molecule has 0 aromatic heterocycles. The number of sulfonamides is 1. The third-order valence-electron chi connectivity index (χ3n) is 4.98. The van der Waals surface area contributed by atoms with Crippen molar-refractivity contribution >= 4 is 15.9 Å². The average molecular weight is 382 g/mol. The highest BCUT2D eigenvalue weighted by molar-refractivity contribution is 7.89. The van der Waals surface area contributed by atoms with Crippen LogP contribution in [0.5, 0.6) is 0 Å². The van der Waals surface area contributed by atoms with Crippen LogP contribution >= 0.6 is 0 Å². The Morgan fingerprint density at radius 1 is 1.12 bits per heavy atom. The van der Waals surface area contributed by atoms with Crippen molar-refractivity contribution in [2.24, 2.45) is 0 Å². The van der Waals surface area contributed by atoms with Gasteiger partial charge in [0, 0.05) is 25.9 Å². The summed E-state index contributed by atoms with van der Waals surface area (Å²) in [5.74, 6) is -0.782. The summed E-state index contributed by atoms with van der Waals surface area (Å²) >= 11 is 0. The highest BCUT2D eigenvalue weighted by atomic mass is 32.2. The molecule has 2 aliphatic rings. The van der Waals surface area contributed by atoms with Crippen LogP contribution in [0, 0.1) is 20.8 Å². The number of aryl methyl sites for hydroxylation is 3. The summed E-state index contributed by atoms with van der Waals surface area (Å²) in [4.78, 5) is 14.3. The Hall–Kier alpha value is -1.48. The van der Waals surface area contributed by atoms with Gasteiger partial charge in [-0.2, -0.15) is 0 Å². The van der Waals surface area contributed by atoms with E-state index < -0.39 is 15.8 Å². The van der Waals surface area contributed by atoms with Crippen LogP contribution in [0.4, 0.5) is 0 Å². The molecule has 3 rings (SSSR count). The first-order valence-electron chi connectivity index (χ1n) is 8.86. The van der Waals surface area contributed by atoms with Crippen LogP contribution in [-0.2, 0) is 24.3 Å². The Morgan fingerprint density at radius 3 is 2.19 bits per heavy atom. The summed E-state index contributed by atoms with van der Waals surface area (Å²) < 4.78 is 39.1. The van der Waals surface area contributed by atoms with Gasteiger partial charge in [-0.05, 0) is 31.9 Å². The Kier molecular flexibility index (Phi) is 5.39. The minimum atomic E-state index is -3.74. The van der Waals surface area contributed by atoms with E-state index in [9.17, 15) is 13.2 Å². The number of benzene rings is 1. The molecule has 1 spiro atoms. The maximum Gasteiger partial charge on any atom is 0.241 e. The number of hydrogen-bond donors (Lipinski definition) is 1. The zero-order chi connectivity index (χ0) is 18.9. The number of nitrogens with one attached hydrogen (secondary N) is 1. The van der Waals surface area contributed by atoms with Crippen molar-refractivity contribution in [1.29, 1.82) is 0 Å². The molecule has 1 aromatic rings. The normalized spacial score (nSPS) is 19.9. The van der Waals surface area contributed by atoms with Gasteiger partial charge >= 0.3 is 0 Å². The zero-order valence-corrected chi connectivity index (χ0v) is 16.3. The number of carbonyl (C=O) groups excluding carboxylic acids is 1. The number of piperidine rings is 1. The summed E-state index contributed by atoms with van der Waals surface area (Å²) in [6, 6.07) is 3.66. The highest BCUT2D eigenvalue weighted by Crippen LogP contribution is 2.31. The molecule has 1 aromatic carbocycles. The lowest BCUT2D eigenvalue weighted by molar-refractivity contribution is -0.187. The maximum atomic E-state index is 12.7. The molecule has 2 saturated heterocycles. The molecule has 7 nitrogen and oxygen atoms in total. The summed E-state index contributed by atoms with van der Waals surface area (Å²) in [5.41, 5.74) is 2.37. The van der Waals surface area contributed by atoms with E-state index in [0.29, 0.717) is 50.3 Å². The molecule has 0 saturated carbocycles. The number of ether oxygens (including phenoxy) is 2. The fourth-order valence-corrected chi connectivity index (χ4v) is 5.24. The van der Waals surface area contributed by atoms with Gasteiger partial charge in [-0.15, -0.1) is 0 Å². The third-order valence-corrected chi connectivity index (χ3v) is 6.68. The van der Waals surface area contributed by atoms with Gasteiger partial charge in [0.25, 0.3) is 0 Å². The first kappa shape index (κ1) is 19.3. The van der Waals surface area contributed by atoms with Gasteiger partial charge in [-0.3, -0.25) is 4.79 Å². The second-order valence-corrected chi connectivity index (χ2v) is 8.74. The van der Waals surface area contributed by atoms with E-state index in [1.165, 1.54) is 0 Å². The molecule has 1 amide bonds. The van der Waals surface area contributed by atoms with Gasteiger partial charge in [-0.25, -0.2) is 13.1 Å². The average Bonchev–Trinajstić information content (AvgIpc) is 3.00. The number of hydrogen-bond acceptors (Lipinski definition) is 5. The lowest BCUT2D eigenvalue weighted by Crippen LogP contribution is -2.49. The molecule has 8 heteroatoms. The van der Waals surface area contributed by atoms with Crippen molar-refractivity contribution in [2.75, 3.05) is 32.8 Å². The topological polar surface area (TPSA) is 84.9 Å². The van der Waals surface area contributed by atoms with Crippen molar-refractivity contribution in [3.8, 4) is 0 Å². The molecule has 1 N–H and O–H groups in total. The number of nitrogens with zero attached hydrogens (tertiary/aromatic N) is 1. The van der Waals surface area contributed by atoms with Crippen molar-refractivity contribution in [3.05, 3.63) is 28.8 Å². The predicted molar refractivity (Wildman–Crippen MR) is 96.3 cm³/mol. The number of carbonyl (C=O) groups is 1. The molecule has 0 unspecified atom stereocenters. The number of amides is 1. The summed E-state index contributed by atoms with van der Waals surface area (Å²) in [6.45, 7) is 7.39. The van der Waals surface area contributed by atoms with Crippen LogP contribution in [0.15, 0.2) is 17.0 Å². The lowest BCUT2D eigenvalue weighted by Gasteiger charge is -2.37. The van der Waals surface area contributed by atoms with Gasteiger partial charge in [0.15, 0.2) is 5.79 Å². The molecule has 0 atom stereocenters. The van der Waals surface area contributed by atoms with Crippen molar-refractivity contribution in [3.63, 3.8) is 0 Å². The molecule has 0 bridgehead atoms. The van der Waals surface area contributed by atoms with E-state index in [-0.39, 0.29) is 17.3 Å². The lowest BCUT2D eigenvalue weighted by atomic mass is 10.0. The van der Waals surface area contributed by atoms with E-state index in [2.05, 4.69) is 4.72 Å². The van der Waals surface area contributed by atoms with E-state index in [1.54, 1.807) is 18.7 Å². The molecule has 2 aliphatic heterocycles. The van der Waals surface area contributed by atoms with Crippen molar-refractivity contribution in [1.82, 2.24) is 9.62 Å². The zero-order valence-electron chi connectivity index (χ0n) is 15.5. The van der Waals surface area contributed by atoms with Crippen molar-refractivity contribution in [2.45, 2.75) is 44.3 Å². The number of rotatable bonds is 4. The molecule has 144 valence electrons. The molecule has 2 heterocycles. The van der Waals surface area contributed by atoms with Gasteiger partial charge in [0.2, 0.25) is 15.9 Å². The Morgan fingerprint density at radius 2 is 1.65 bits per heavy atom. The second kappa shape index (κ2) is 7.26. The van der Waals surface area contributed by atoms with Crippen LogP contribution in [0.25, 0.3) is 0 Å². The maximum absolute atomic E-state index is 12.7. The molecule has 2 fully saturated rings. The SMILES string of the molecule is Cc1cc(C)c(S(=O)(=O)NCC(=O)N2CCC3(CC2)OCCO3)c(C)c1. The number of likely N-dealkylation sites (tertiary alicyclic amines) is 1. The summed E-state index contributed by atoms with van der Waals surface area (Å²) in [6.07, 6.45) is 1.23. The van der Waals surface area contributed by atoms with E-state index >= 15 is 0 Å². The Balaban J connectivity index is 1.61. The van der Waals surface area contributed by atoms with Gasteiger partial charge in [0.1, 0.15) is 0 Å². The quantitative estimate of drug-likeness (QED) is 0.847. The minimum Gasteiger partial charge on any atom is -0.347 e. The first-order valence-corrected chi connectivity index (χ1v) is 10.3. The van der Waals surface area contributed by atoms with Crippen molar-refractivity contribution < 1.29 is 22.7 Å². The van der Waals surface area contributed by atoms with Gasteiger partial charge < -0.3 is 14.4 Å². The fraction of sp³-hybridized carbons (Fsp3) is 0.611. The van der Waals surface area contributed by atoms with E-state index in [0.717, 1.165) is 5.56 Å². The molecular weight excluding hydrogens is 356 g/mol. The molecular formula is C18H26N2O5S. The van der Waals surface area contributed by atoms with Crippen LogP contribution in [0.3, 0.4) is 0 Å². The summed E-state index contributed by atoms with van der Waals surface area (Å²) in [7, 11) is -3.74. The molecule has 26 heavy (non-hydrogen) atoms. The second-order valence-electron chi connectivity index (χ2n) is 7.04. The van der Waals surface area contributed by atoms with Gasteiger partial charge in [0.05, 0.1) is 24.7 Å². The summed E-state index contributed by atoms with van der Waals surface area (Å²) in [5, 5.41) is 0. The fourth-order valence-electron chi connectivity index (χ4n) is 3.81.